The predicted octanol–water partition coefficient (Wildman–Crippen LogP) is 3.50. The van der Waals surface area contributed by atoms with E-state index in [1.54, 1.807) is 13.8 Å². The van der Waals surface area contributed by atoms with Crippen molar-refractivity contribution in [3.63, 3.8) is 0 Å². The summed E-state index contributed by atoms with van der Waals surface area (Å²) in [6.45, 7) is 29.2. The first kappa shape index (κ1) is 45.9. The number of quaternary nitrogens is 2. The molecule has 0 amide bonds. The fourth-order valence-corrected chi connectivity index (χ4v) is 12.0. The summed E-state index contributed by atoms with van der Waals surface area (Å²) in [7, 11) is 10.6. The van der Waals surface area contributed by atoms with Crippen LogP contribution in [-0.4, -0.2) is 118 Å². The molecule has 0 aliphatic carbocycles. The summed E-state index contributed by atoms with van der Waals surface area (Å²) in [6, 6.07) is 0. The zero-order valence-corrected chi connectivity index (χ0v) is 35.5. The van der Waals surface area contributed by atoms with Gasteiger partial charge in [-0.05, 0) is 6.92 Å². The second-order valence-electron chi connectivity index (χ2n) is 15.3. The number of hydrogen-bond acceptors (Lipinski definition) is 8. The van der Waals surface area contributed by atoms with Crippen LogP contribution in [0.2, 0.25) is 0 Å². The predicted molar refractivity (Wildman–Crippen MR) is 188 cm³/mol. The van der Waals surface area contributed by atoms with E-state index in [4.69, 9.17) is 22.2 Å². The molecule has 0 spiro atoms. The second kappa shape index (κ2) is 17.7. The molecular formula is C36H73IN3O7+. The number of hydroxylamine groups is 5. The van der Waals surface area contributed by atoms with Gasteiger partial charge >= 0.3 is 259 Å². The van der Waals surface area contributed by atoms with Gasteiger partial charge in [-0.15, -0.1) is 0 Å². The minimum atomic E-state index is -2.65. The van der Waals surface area contributed by atoms with Crippen LogP contribution in [0.4, 0.5) is 0 Å². The van der Waals surface area contributed by atoms with Crippen molar-refractivity contribution in [1.29, 1.82) is 0 Å². The van der Waals surface area contributed by atoms with E-state index in [1.165, 1.54) is 0 Å². The number of hydrogen-bond donors (Lipinski definition) is 0. The Morgan fingerprint density at radius 3 is 1.64 bits per heavy atom. The fourth-order valence-electron chi connectivity index (χ4n) is 6.48. The second-order valence-corrected chi connectivity index (χ2v) is 24.4. The summed E-state index contributed by atoms with van der Waals surface area (Å²) >= 11 is -2.65. The first-order valence-electron chi connectivity index (χ1n) is 16.9. The van der Waals surface area contributed by atoms with Crippen LogP contribution in [0.5, 0.6) is 0 Å². The number of ether oxygens (including phenoxy) is 2. The van der Waals surface area contributed by atoms with Gasteiger partial charge in [0.1, 0.15) is 0 Å². The Morgan fingerprint density at radius 2 is 1.23 bits per heavy atom. The van der Waals surface area contributed by atoms with Gasteiger partial charge < -0.3 is 4.74 Å². The molecule has 0 bridgehead atoms. The topological polar surface area (TPSA) is 83.5 Å². The molecule has 0 saturated carbocycles. The van der Waals surface area contributed by atoms with Crippen LogP contribution >= 0.6 is 0 Å². The zero-order valence-electron chi connectivity index (χ0n) is 33.4. The summed E-state index contributed by atoms with van der Waals surface area (Å²) in [5, 5.41) is 1.87. The standard InChI is InChI=1S/C36H73IN3O7/c1-20-35(12,39(16,17)26-24-28-44-32(42)30(6)7)47-40(18,19)36(21-2,22-3)33(8,9)46-38(15)34(10,11)45-37(13,14)25-23-27-43-31(41)29(4)5/h4,6,20-28H2,1-3,5,7-19H3/q+1. The van der Waals surface area contributed by atoms with Crippen molar-refractivity contribution in [3.8, 4) is 0 Å². The van der Waals surface area contributed by atoms with E-state index in [9.17, 15) is 9.59 Å². The third-order valence-electron chi connectivity index (χ3n) is 9.96. The van der Waals surface area contributed by atoms with Crippen LogP contribution in [0.3, 0.4) is 0 Å². The Morgan fingerprint density at radius 1 is 0.787 bits per heavy atom. The normalized spacial score (nSPS) is 15.3. The number of carbonyl (C=O) groups excluding carboxylic acids is 2. The Labute approximate surface area is 293 Å². The van der Waals surface area contributed by atoms with Crippen LogP contribution in [0.1, 0.15) is 101 Å². The van der Waals surface area contributed by atoms with Crippen LogP contribution in [0.15, 0.2) is 24.3 Å². The molecule has 11 heteroatoms. The number of esters is 2. The summed E-state index contributed by atoms with van der Waals surface area (Å²) in [5.74, 6) is -0.706. The molecule has 10 nitrogen and oxygen atoms in total. The van der Waals surface area contributed by atoms with E-state index in [-0.39, 0.29) is 16.6 Å². The maximum absolute atomic E-state index is 11.9. The molecule has 0 radical (unpaired) electrons. The van der Waals surface area contributed by atoms with E-state index >= 15 is 0 Å². The van der Waals surface area contributed by atoms with Gasteiger partial charge in [0, 0.05) is 5.57 Å². The Bertz CT molecular complexity index is 1070. The van der Waals surface area contributed by atoms with Crippen molar-refractivity contribution < 1.29 is 59.8 Å². The maximum atomic E-state index is 11.9. The number of halogens is 1. The number of carbonyl (C=O) groups is 2. The van der Waals surface area contributed by atoms with Gasteiger partial charge in [0.05, 0.1) is 6.61 Å². The Balaban J connectivity index is 5.98. The molecule has 0 fully saturated rings. The molecular weight excluding hydrogens is 713 g/mol. The molecule has 1 unspecified atom stereocenters. The first-order chi connectivity index (χ1) is 21.1. The number of likely N-dealkylation sites (N-methyl/N-ethyl adjacent to an activating group) is 1. The van der Waals surface area contributed by atoms with Crippen LogP contribution in [0, 0.1) is 0 Å². The van der Waals surface area contributed by atoms with Gasteiger partial charge in [-0.25, -0.2) is 4.79 Å². The van der Waals surface area contributed by atoms with Gasteiger partial charge in [-0.1, -0.05) is 6.58 Å². The summed E-state index contributed by atoms with van der Waals surface area (Å²) in [4.78, 5) is 42.3. The molecule has 0 aromatic carbocycles. The number of nitrogens with zero attached hydrogens (tertiary/aromatic N) is 3. The molecule has 0 aromatic heterocycles. The quantitative estimate of drug-likeness (QED) is 0.0228. The third-order valence-corrected chi connectivity index (χ3v) is 15.6. The summed E-state index contributed by atoms with van der Waals surface area (Å²) < 4.78 is 19.2. The number of alkyl halides is 3. The molecule has 0 heterocycles. The molecule has 0 aliphatic rings. The Hall–Kier alpha value is -1.09. The molecule has 0 aliphatic heterocycles. The van der Waals surface area contributed by atoms with Crippen LogP contribution < -0.4 is 18.8 Å². The van der Waals surface area contributed by atoms with Gasteiger partial charge in [-0.3, -0.25) is 0 Å². The van der Waals surface area contributed by atoms with Crippen molar-refractivity contribution in [2.45, 2.75) is 124 Å². The van der Waals surface area contributed by atoms with Crippen molar-refractivity contribution in [3.05, 3.63) is 24.3 Å². The average molecular weight is 787 g/mol. The molecule has 1 atom stereocenters. The van der Waals surface area contributed by atoms with Gasteiger partial charge in [0.25, 0.3) is 0 Å². The third kappa shape index (κ3) is 12.3. The average Bonchev–Trinajstić information content (AvgIpc) is 2.92. The molecule has 0 saturated heterocycles. The monoisotopic (exact) mass is 786 g/mol. The zero-order chi connectivity index (χ0) is 37.3. The summed E-state index contributed by atoms with van der Waals surface area (Å²) in [6.07, 6.45) is 3.87. The van der Waals surface area contributed by atoms with Crippen LogP contribution in [0.25, 0.3) is 0 Å². The van der Waals surface area contributed by atoms with Crippen molar-refractivity contribution in [1.82, 2.24) is 5.06 Å². The van der Waals surface area contributed by atoms with Crippen LogP contribution in [-0.2, 0) is 31.8 Å². The van der Waals surface area contributed by atoms with E-state index < -0.39 is 41.4 Å². The van der Waals surface area contributed by atoms with Gasteiger partial charge in [-0.2, -0.15) is 0 Å². The fraction of sp³-hybridized carbons (Fsp3) is 0.833. The molecule has 0 aromatic rings. The van der Waals surface area contributed by atoms with E-state index in [0.717, 1.165) is 36.7 Å². The molecule has 0 rings (SSSR count). The molecule has 280 valence electrons. The van der Waals surface area contributed by atoms with Gasteiger partial charge in [0.2, 0.25) is 0 Å². The van der Waals surface area contributed by atoms with Crippen molar-refractivity contribution in [2.75, 3.05) is 69.3 Å². The van der Waals surface area contributed by atoms with Crippen molar-refractivity contribution >= 4 is 11.9 Å². The van der Waals surface area contributed by atoms with Crippen molar-refractivity contribution in [2.24, 2.45) is 0 Å². The molecule has 47 heavy (non-hydrogen) atoms. The first-order valence-corrected chi connectivity index (χ1v) is 23.6. The van der Waals surface area contributed by atoms with E-state index in [0.29, 0.717) is 35.3 Å². The van der Waals surface area contributed by atoms with Gasteiger partial charge in [0.15, 0.2) is 0 Å². The number of rotatable bonds is 23. The van der Waals surface area contributed by atoms with E-state index in [1.807, 2.05) is 26.0 Å². The SMILES string of the molecule is C=C(C)C(=O)OCCC[N+](C)(C)C(C)(CC)O[N+](C)(C)C(CC)(CC)C(C)(C)ON(C)C(C)(C)O[I-](C)(C)CCCOC(=O)C(=C)C. The summed E-state index contributed by atoms with van der Waals surface area (Å²) in [5.41, 5.74) is -1.52. The van der Waals surface area contributed by atoms with E-state index in [2.05, 4.69) is 92.8 Å². The minimum absolute atomic E-state index is 0.282. The Kier molecular flexibility index (Phi) is 17.3. The molecule has 0 N–H and O–H groups in total.